The zero-order valence-corrected chi connectivity index (χ0v) is 9.70. The van der Waals surface area contributed by atoms with Crippen molar-refractivity contribution in [2.45, 2.75) is 20.3 Å². The summed E-state index contributed by atoms with van der Waals surface area (Å²) < 4.78 is 0. The first-order valence-corrected chi connectivity index (χ1v) is 5.40. The van der Waals surface area contributed by atoms with Gasteiger partial charge in [-0.2, -0.15) is 0 Å². The van der Waals surface area contributed by atoms with Crippen molar-refractivity contribution in [1.29, 1.82) is 0 Å². The van der Waals surface area contributed by atoms with E-state index in [4.69, 9.17) is 0 Å². The van der Waals surface area contributed by atoms with E-state index in [-0.39, 0.29) is 11.5 Å². The third-order valence-corrected chi connectivity index (χ3v) is 2.41. The molecule has 0 aliphatic heterocycles. The molecule has 17 heavy (non-hydrogen) atoms. The first-order valence-electron chi connectivity index (χ1n) is 5.40. The molecule has 0 atom stereocenters. The van der Waals surface area contributed by atoms with Crippen LogP contribution >= 0.6 is 0 Å². The Bertz CT molecular complexity index is 631. The SMILES string of the molecule is CCc1nc2ccc(NC(C)=O)cc2c(=O)[nH]1. The zero-order chi connectivity index (χ0) is 12.4. The molecule has 1 amide bonds. The lowest BCUT2D eigenvalue weighted by Gasteiger charge is -2.04. The minimum atomic E-state index is -0.181. The van der Waals surface area contributed by atoms with Crippen molar-refractivity contribution in [2.24, 2.45) is 0 Å². The van der Waals surface area contributed by atoms with Gasteiger partial charge in [0, 0.05) is 19.0 Å². The van der Waals surface area contributed by atoms with E-state index in [1.165, 1.54) is 6.92 Å². The monoisotopic (exact) mass is 231 g/mol. The van der Waals surface area contributed by atoms with Crippen LogP contribution in [0.2, 0.25) is 0 Å². The molecular weight excluding hydrogens is 218 g/mol. The Hall–Kier alpha value is -2.17. The standard InChI is InChI=1S/C12H13N3O2/c1-3-11-14-10-5-4-8(13-7(2)16)6-9(10)12(17)15-11/h4-6H,3H2,1-2H3,(H,13,16)(H,14,15,17). The molecule has 0 unspecified atom stereocenters. The predicted molar refractivity (Wildman–Crippen MR) is 66.0 cm³/mol. The van der Waals surface area contributed by atoms with E-state index < -0.39 is 0 Å². The summed E-state index contributed by atoms with van der Waals surface area (Å²) in [5.41, 5.74) is 1.06. The molecule has 0 saturated heterocycles. The Morgan fingerprint density at radius 3 is 2.88 bits per heavy atom. The molecule has 2 aromatic rings. The maximum Gasteiger partial charge on any atom is 0.258 e. The quantitative estimate of drug-likeness (QED) is 0.821. The number of carbonyl (C=O) groups excluding carboxylic acids is 1. The minimum Gasteiger partial charge on any atom is -0.326 e. The largest absolute Gasteiger partial charge is 0.326 e. The highest BCUT2D eigenvalue weighted by Gasteiger charge is 2.04. The summed E-state index contributed by atoms with van der Waals surface area (Å²) in [6.07, 6.45) is 0.679. The lowest BCUT2D eigenvalue weighted by molar-refractivity contribution is -0.114. The van der Waals surface area contributed by atoms with Crippen molar-refractivity contribution >= 4 is 22.5 Å². The zero-order valence-electron chi connectivity index (χ0n) is 9.70. The van der Waals surface area contributed by atoms with Gasteiger partial charge in [-0.1, -0.05) is 6.92 Å². The lowest BCUT2D eigenvalue weighted by atomic mass is 10.2. The number of aromatic amines is 1. The van der Waals surface area contributed by atoms with E-state index in [0.29, 0.717) is 28.8 Å². The van der Waals surface area contributed by atoms with Crippen LogP contribution in [0.5, 0.6) is 0 Å². The van der Waals surface area contributed by atoms with Gasteiger partial charge in [0.25, 0.3) is 5.56 Å². The highest BCUT2D eigenvalue weighted by Crippen LogP contribution is 2.14. The number of H-pyrrole nitrogens is 1. The molecule has 0 spiro atoms. The van der Waals surface area contributed by atoms with Gasteiger partial charge in [0.2, 0.25) is 5.91 Å². The van der Waals surface area contributed by atoms with Crippen molar-refractivity contribution in [3.05, 3.63) is 34.4 Å². The number of nitrogens with one attached hydrogen (secondary N) is 2. The van der Waals surface area contributed by atoms with Crippen LogP contribution in [0.25, 0.3) is 10.9 Å². The average Bonchev–Trinajstić information content (AvgIpc) is 2.29. The molecule has 0 radical (unpaired) electrons. The van der Waals surface area contributed by atoms with Crippen molar-refractivity contribution < 1.29 is 4.79 Å². The van der Waals surface area contributed by atoms with E-state index >= 15 is 0 Å². The van der Waals surface area contributed by atoms with Crippen molar-refractivity contribution in [1.82, 2.24) is 9.97 Å². The maximum atomic E-state index is 11.8. The summed E-state index contributed by atoms with van der Waals surface area (Å²) in [6, 6.07) is 5.09. The fourth-order valence-corrected chi connectivity index (χ4v) is 1.64. The predicted octanol–water partition coefficient (Wildman–Crippen LogP) is 1.44. The Morgan fingerprint density at radius 2 is 2.24 bits per heavy atom. The van der Waals surface area contributed by atoms with E-state index in [9.17, 15) is 9.59 Å². The van der Waals surface area contributed by atoms with Gasteiger partial charge >= 0.3 is 0 Å². The van der Waals surface area contributed by atoms with Crippen LogP contribution in [0, 0.1) is 0 Å². The van der Waals surface area contributed by atoms with Crippen LogP contribution in [0.4, 0.5) is 5.69 Å². The third-order valence-electron chi connectivity index (χ3n) is 2.41. The van der Waals surface area contributed by atoms with E-state index in [1.807, 2.05) is 6.92 Å². The van der Waals surface area contributed by atoms with Crippen molar-refractivity contribution in [3.63, 3.8) is 0 Å². The molecule has 0 aliphatic rings. The molecular formula is C12H13N3O2. The molecule has 1 heterocycles. The molecule has 0 aliphatic carbocycles. The van der Waals surface area contributed by atoms with Crippen LogP contribution in [0.3, 0.4) is 0 Å². The summed E-state index contributed by atoms with van der Waals surface area (Å²) in [4.78, 5) is 29.7. The highest BCUT2D eigenvalue weighted by molar-refractivity contribution is 5.91. The Labute approximate surface area is 97.9 Å². The topological polar surface area (TPSA) is 74.8 Å². The van der Waals surface area contributed by atoms with E-state index in [2.05, 4.69) is 15.3 Å². The fraction of sp³-hybridized carbons (Fsp3) is 0.250. The second-order valence-electron chi connectivity index (χ2n) is 3.78. The van der Waals surface area contributed by atoms with Crippen LogP contribution in [-0.2, 0) is 11.2 Å². The molecule has 5 heteroatoms. The summed E-state index contributed by atoms with van der Waals surface area (Å²) in [7, 11) is 0. The van der Waals surface area contributed by atoms with E-state index in [1.54, 1.807) is 18.2 Å². The van der Waals surface area contributed by atoms with Gasteiger partial charge in [0.15, 0.2) is 0 Å². The molecule has 88 valence electrons. The Morgan fingerprint density at radius 1 is 1.47 bits per heavy atom. The first kappa shape index (κ1) is 11.3. The van der Waals surface area contributed by atoms with Gasteiger partial charge < -0.3 is 10.3 Å². The van der Waals surface area contributed by atoms with Gasteiger partial charge in [-0.25, -0.2) is 4.98 Å². The number of rotatable bonds is 2. The van der Waals surface area contributed by atoms with Gasteiger partial charge in [-0.05, 0) is 18.2 Å². The van der Waals surface area contributed by atoms with Crippen LogP contribution in [0.15, 0.2) is 23.0 Å². The maximum absolute atomic E-state index is 11.8. The smallest absolute Gasteiger partial charge is 0.258 e. The summed E-state index contributed by atoms with van der Waals surface area (Å²) in [6.45, 7) is 3.35. The van der Waals surface area contributed by atoms with Crippen LogP contribution < -0.4 is 10.9 Å². The number of hydrogen-bond acceptors (Lipinski definition) is 3. The number of aromatic nitrogens is 2. The third kappa shape index (κ3) is 2.33. The van der Waals surface area contributed by atoms with Gasteiger partial charge in [0.1, 0.15) is 5.82 Å². The Kier molecular flexibility index (Phi) is 2.91. The van der Waals surface area contributed by atoms with Crippen molar-refractivity contribution in [3.8, 4) is 0 Å². The lowest BCUT2D eigenvalue weighted by Crippen LogP contribution is -2.12. The number of benzene rings is 1. The minimum absolute atomic E-state index is 0.168. The summed E-state index contributed by atoms with van der Waals surface area (Å²) in [5, 5.41) is 3.11. The van der Waals surface area contributed by atoms with E-state index in [0.717, 1.165) is 0 Å². The molecule has 1 aromatic heterocycles. The molecule has 1 aromatic carbocycles. The normalized spacial score (nSPS) is 10.5. The number of fused-ring (bicyclic) bond motifs is 1. The number of carbonyl (C=O) groups is 1. The number of anilines is 1. The number of amides is 1. The average molecular weight is 231 g/mol. The summed E-state index contributed by atoms with van der Waals surface area (Å²) in [5.74, 6) is 0.494. The van der Waals surface area contributed by atoms with Gasteiger partial charge in [-0.3, -0.25) is 9.59 Å². The fourth-order valence-electron chi connectivity index (χ4n) is 1.64. The second-order valence-corrected chi connectivity index (χ2v) is 3.78. The second kappa shape index (κ2) is 4.37. The number of nitrogens with zero attached hydrogens (tertiary/aromatic N) is 1. The van der Waals surface area contributed by atoms with Crippen LogP contribution in [-0.4, -0.2) is 15.9 Å². The Balaban J connectivity index is 2.58. The molecule has 0 bridgehead atoms. The van der Waals surface area contributed by atoms with Gasteiger partial charge in [0.05, 0.1) is 10.9 Å². The molecule has 5 nitrogen and oxygen atoms in total. The molecule has 2 N–H and O–H groups in total. The molecule has 0 saturated carbocycles. The number of aryl methyl sites for hydroxylation is 1. The van der Waals surface area contributed by atoms with Crippen LogP contribution in [0.1, 0.15) is 19.7 Å². The molecule has 2 rings (SSSR count). The molecule has 0 fully saturated rings. The van der Waals surface area contributed by atoms with Crippen molar-refractivity contribution in [2.75, 3.05) is 5.32 Å². The number of hydrogen-bond donors (Lipinski definition) is 2. The highest BCUT2D eigenvalue weighted by atomic mass is 16.1. The van der Waals surface area contributed by atoms with Gasteiger partial charge in [-0.15, -0.1) is 0 Å². The summed E-state index contributed by atoms with van der Waals surface area (Å²) >= 11 is 0. The first-order chi connectivity index (χ1) is 8.10.